The number of nitrogens with two attached hydrogens (primary N) is 1. The van der Waals surface area contributed by atoms with Crippen LogP contribution in [-0.2, 0) is 22.3 Å². The summed E-state index contributed by atoms with van der Waals surface area (Å²) < 4.78 is 28.4. The first-order valence-electron chi connectivity index (χ1n) is 6.26. The van der Waals surface area contributed by atoms with Gasteiger partial charge in [0.1, 0.15) is 0 Å². The number of benzene rings is 1. The van der Waals surface area contributed by atoms with E-state index in [2.05, 4.69) is 9.82 Å². The summed E-state index contributed by atoms with van der Waals surface area (Å²) in [7, 11) is -3.38. The van der Waals surface area contributed by atoms with E-state index in [0.717, 1.165) is 0 Å². The number of sulfonamides is 1. The Morgan fingerprint density at radius 3 is 2.65 bits per heavy atom. The lowest BCUT2D eigenvalue weighted by Gasteiger charge is -2.14. The van der Waals surface area contributed by atoms with E-state index in [4.69, 9.17) is 5.73 Å². The van der Waals surface area contributed by atoms with Crippen LogP contribution in [0.15, 0.2) is 42.7 Å². The number of hydrogen-bond donors (Lipinski definition) is 2. The molecule has 0 spiro atoms. The molecule has 1 unspecified atom stereocenters. The highest BCUT2D eigenvalue weighted by molar-refractivity contribution is 7.88. The summed E-state index contributed by atoms with van der Waals surface area (Å²) in [5.74, 6) is -0.0588. The number of aromatic nitrogens is 2. The van der Waals surface area contributed by atoms with Crippen molar-refractivity contribution in [2.75, 3.05) is 5.73 Å². The molecule has 6 nitrogen and oxygen atoms in total. The maximum atomic E-state index is 12.1. The summed E-state index contributed by atoms with van der Waals surface area (Å²) in [6.07, 6.45) is 3.46. The maximum absolute atomic E-state index is 12.1. The molecular weight excluding hydrogens is 276 g/mol. The predicted molar refractivity (Wildman–Crippen MR) is 78.3 cm³/mol. The van der Waals surface area contributed by atoms with E-state index in [1.165, 1.54) is 0 Å². The molecule has 20 heavy (non-hydrogen) atoms. The average Bonchev–Trinajstić information content (AvgIpc) is 2.83. The zero-order chi connectivity index (χ0) is 14.6. The van der Waals surface area contributed by atoms with Crippen LogP contribution in [0.2, 0.25) is 0 Å². The molecular formula is C13H18N4O2S. The molecule has 0 aliphatic heterocycles. The average molecular weight is 294 g/mol. The number of hydrogen-bond acceptors (Lipinski definition) is 4. The Balaban J connectivity index is 1.94. The van der Waals surface area contributed by atoms with Crippen molar-refractivity contribution in [1.29, 1.82) is 0 Å². The summed E-state index contributed by atoms with van der Waals surface area (Å²) in [5.41, 5.74) is 6.90. The van der Waals surface area contributed by atoms with Gasteiger partial charge in [-0.3, -0.25) is 4.68 Å². The summed E-state index contributed by atoms with van der Waals surface area (Å²) in [5, 5.41) is 4.05. The normalized spacial score (nSPS) is 13.2. The standard InChI is InChI=1S/C13H18N4O2S/c1-11(9-17-8-2-7-15-17)16-20(18,19)10-12-3-5-13(14)6-4-12/h2-8,11,16H,9-10,14H2,1H3. The van der Waals surface area contributed by atoms with Gasteiger partial charge in [-0.15, -0.1) is 0 Å². The molecule has 7 heteroatoms. The van der Waals surface area contributed by atoms with E-state index in [1.54, 1.807) is 47.4 Å². The largest absolute Gasteiger partial charge is 0.399 e. The van der Waals surface area contributed by atoms with Crippen molar-refractivity contribution in [2.24, 2.45) is 0 Å². The van der Waals surface area contributed by atoms with Crippen molar-refractivity contribution in [2.45, 2.75) is 25.3 Å². The van der Waals surface area contributed by atoms with Gasteiger partial charge in [0.15, 0.2) is 0 Å². The molecule has 1 atom stereocenters. The third kappa shape index (κ3) is 4.36. The van der Waals surface area contributed by atoms with Gasteiger partial charge in [0.05, 0.1) is 12.3 Å². The second-order valence-electron chi connectivity index (χ2n) is 4.75. The Bertz CT molecular complexity index is 636. The van der Waals surface area contributed by atoms with Gasteiger partial charge in [-0.1, -0.05) is 12.1 Å². The SMILES string of the molecule is CC(Cn1cccn1)NS(=O)(=O)Cc1ccc(N)cc1. The van der Waals surface area contributed by atoms with Crippen LogP contribution in [0.3, 0.4) is 0 Å². The van der Waals surface area contributed by atoms with Crippen molar-refractivity contribution >= 4 is 15.7 Å². The molecule has 108 valence electrons. The van der Waals surface area contributed by atoms with Crippen molar-refractivity contribution in [3.63, 3.8) is 0 Å². The van der Waals surface area contributed by atoms with Gasteiger partial charge in [-0.2, -0.15) is 5.10 Å². The molecule has 0 saturated heterocycles. The minimum absolute atomic E-state index is 0.0588. The summed E-state index contributed by atoms with van der Waals surface area (Å²) in [4.78, 5) is 0. The minimum Gasteiger partial charge on any atom is -0.399 e. The molecule has 2 aromatic rings. The third-order valence-electron chi connectivity index (χ3n) is 2.74. The first kappa shape index (κ1) is 14.5. The summed E-state index contributed by atoms with van der Waals surface area (Å²) in [6.45, 7) is 2.30. The van der Waals surface area contributed by atoms with Crippen molar-refractivity contribution in [3.05, 3.63) is 48.3 Å². The zero-order valence-electron chi connectivity index (χ0n) is 11.2. The Morgan fingerprint density at radius 2 is 2.05 bits per heavy atom. The Morgan fingerprint density at radius 1 is 1.35 bits per heavy atom. The molecule has 0 fully saturated rings. The van der Waals surface area contributed by atoms with E-state index < -0.39 is 10.0 Å². The van der Waals surface area contributed by atoms with Crippen LogP contribution in [0.5, 0.6) is 0 Å². The smallest absolute Gasteiger partial charge is 0.216 e. The first-order chi connectivity index (χ1) is 9.44. The van der Waals surface area contributed by atoms with Crippen molar-refractivity contribution < 1.29 is 8.42 Å². The Kier molecular flexibility index (Phi) is 4.41. The van der Waals surface area contributed by atoms with E-state index in [-0.39, 0.29) is 11.8 Å². The second-order valence-corrected chi connectivity index (χ2v) is 6.50. The Labute approximate surface area is 118 Å². The highest BCUT2D eigenvalue weighted by Gasteiger charge is 2.15. The Hall–Kier alpha value is -1.86. The number of anilines is 1. The topological polar surface area (TPSA) is 90.0 Å². The van der Waals surface area contributed by atoms with Gasteiger partial charge < -0.3 is 5.73 Å². The minimum atomic E-state index is -3.38. The third-order valence-corrected chi connectivity index (χ3v) is 4.21. The van der Waals surface area contributed by atoms with Crippen LogP contribution in [0.4, 0.5) is 5.69 Å². The summed E-state index contributed by atoms with van der Waals surface area (Å²) in [6, 6.07) is 8.39. The van der Waals surface area contributed by atoms with Gasteiger partial charge in [0.2, 0.25) is 10.0 Å². The lowest BCUT2D eigenvalue weighted by Crippen LogP contribution is -2.36. The molecule has 1 aromatic carbocycles. The highest BCUT2D eigenvalue weighted by atomic mass is 32.2. The number of nitrogen functional groups attached to an aromatic ring is 1. The van der Waals surface area contributed by atoms with E-state index >= 15 is 0 Å². The fourth-order valence-corrected chi connectivity index (χ4v) is 3.31. The number of nitrogens with zero attached hydrogens (tertiary/aromatic N) is 2. The van der Waals surface area contributed by atoms with Gasteiger partial charge in [0, 0.05) is 24.1 Å². The van der Waals surface area contributed by atoms with E-state index in [0.29, 0.717) is 17.8 Å². The fourth-order valence-electron chi connectivity index (χ4n) is 1.91. The lowest BCUT2D eigenvalue weighted by atomic mass is 10.2. The molecule has 0 aliphatic carbocycles. The van der Waals surface area contributed by atoms with Gasteiger partial charge in [-0.05, 0) is 30.7 Å². The molecule has 0 bridgehead atoms. The molecule has 0 amide bonds. The second kappa shape index (κ2) is 6.06. The monoisotopic (exact) mass is 294 g/mol. The molecule has 0 saturated carbocycles. The lowest BCUT2D eigenvalue weighted by molar-refractivity contribution is 0.493. The number of rotatable bonds is 6. The predicted octanol–water partition coefficient (Wildman–Crippen LogP) is 0.973. The van der Waals surface area contributed by atoms with Crippen molar-refractivity contribution in [1.82, 2.24) is 14.5 Å². The van der Waals surface area contributed by atoms with Crippen LogP contribution < -0.4 is 10.5 Å². The zero-order valence-corrected chi connectivity index (χ0v) is 12.0. The first-order valence-corrected chi connectivity index (χ1v) is 7.92. The van der Waals surface area contributed by atoms with Gasteiger partial charge >= 0.3 is 0 Å². The quantitative estimate of drug-likeness (QED) is 0.777. The molecule has 0 radical (unpaired) electrons. The molecule has 1 heterocycles. The van der Waals surface area contributed by atoms with Crippen LogP contribution in [0.25, 0.3) is 0 Å². The van der Waals surface area contributed by atoms with Crippen LogP contribution in [0, 0.1) is 0 Å². The van der Waals surface area contributed by atoms with Gasteiger partial charge in [0.25, 0.3) is 0 Å². The van der Waals surface area contributed by atoms with E-state index in [9.17, 15) is 8.42 Å². The molecule has 2 rings (SSSR count). The molecule has 0 aliphatic rings. The molecule has 1 aromatic heterocycles. The fraction of sp³-hybridized carbons (Fsp3) is 0.308. The summed E-state index contributed by atoms with van der Waals surface area (Å²) >= 11 is 0. The molecule has 3 N–H and O–H groups in total. The highest BCUT2D eigenvalue weighted by Crippen LogP contribution is 2.09. The van der Waals surface area contributed by atoms with E-state index in [1.807, 2.05) is 6.92 Å². The van der Waals surface area contributed by atoms with Crippen LogP contribution in [-0.4, -0.2) is 24.2 Å². The maximum Gasteiger partial charge on any atom is 0.216 e. The van der Waals surface area contributed by atoms with Crippen molar-refractivity contribution in [3.8, 4) is 0 Å². The van der Waals surface area contributed by atoms with Crippen LogP contribution in [0.1, 0.15) is 12.5 Å². The van der Waals surface area contributed by atoms with Gasteiger partial charge in [-0.25, -0.2) is 13.1 Å². The van der Waals surface area contributed by atoms with Crippen LogP contribution >= 0.6 is 0 Å². The number of nitrogens with one attached hydrogen (secondary N) is 1.